The molecule has 2 heterocycles. The van der Waals surface area contributed by atoms with Crippen molar-refractivity contribution >= 4 is 29.9 Å². The van der Waals surface area contributed by atoms with E-state index in [-0.39, 0.29) is 24.0 Å². The maximum Gasteiger partial charge on any atom is 0.191 e. The Morgan fingerprint density at radius 1 is 1.17 bits per heavy atom. The molecule has 2 fully saturated rings. The lowest BCUT2D eigenvalue weighted by Crippen LogP contribution is -2.53. The Balaban J connectivity index is 0.00000300. The van der Waals surface area contributed by atoms with Gasteiger partial charge in [0.25, 0.3) is 0 Å². The zero-order valence-electron chi connectivity index (χ0n) is 18.5. The standard InChI is InChI=1S/C22H38N6.HI/c1-18-14-21(17-28(18)16-20-8-6-5-7-9-20)25-22(23-3)24-15-19(2)27-12-10-26(4)11-13-27;/h5-9,18-19,21H,10-17H2,1-4H3,(H2,23,24,25);1H. The van der Waals surface area contributed by atoms with Crippen LogP contribution in [0.15, 0.2) is 35.3 Å². The number of piperazine rings is 1. The van der Waals surface area contributed by atoms with Gasteiger partial charge in [0.2, 0.25) is 0 Å². The maximum absolute atomic E-state index is 4.46. The number of hydrogen-bond acceptors (Lipinski definition) is 4. The SMILES string of the molecule is CN=C(NCC(C)N1CCN(C)CC1)NC1CC(C)N(Cc2ccccc2)C1.I. The highest BCUT2D eigenvalue weighted by molar-refractivity contribution is 14.0. The highest BCUT2D eigenvalue weighted by atomic mass is 127. The van der Waals surface area contributed by atoms with Gasteiger partial charge in [-0.1, -0.05) is 30.3 Å². The summed E-state index contributed by atoms with van der Waals surface area (Å²) in [7, 11) is 4.08. The summed E-state index contributed by atoms with van der Waals surface area (Å²) in [5.74, 6) is 0.930. The molecule has 0 amide bonds. The van der Waals surface area contributed by atoms with Crippen LogP contribution in [0.25, 0.3) is 0 Å². The lowest BCUT2D eigenvalue weighted by Gasteiger charge is -2.36. The summed E-state index contributed by atoms with van der Waals surface area (Å²) in [4.78, 5) is 12.0. The number of nitrogens with one attached hydrogen (secondary N) is 2. The summed E-state index contributed by atoms with van der Waals surface area (Å²) in [5, 5.41) is 7.20. The van der Waals surface area contributed by atoms with E-state index in [0.717, 1.165) is 58.2 Å². The van der Waals surface area contributed by atoms with Gasteiger partial charge in [0, 0.05) is 71.0 Å². The number of nitrogens with zero attached hydrogens (tertiary/aromatic N) is 4. The Labute approximate surface area is 194 Å². The van der Waals surface area contributed by atoms with Crippen LogP contribution < -0.4 is 10.6 Å². The molecule has 0 bridgehead atoms. The molecule has 1 aromatic rings. The molecular weight excluding hydrogens is 475 g/mol. The van der Waals surface area contributed by atoms with Crippen molar-refractivity contribution in [2.75, 3.05) is 53.4 Å². The third kappa shape index (κ3) is 7.38. The molecule has 2 N–H and O–H groups in total. The summed E-state index contributed by atoms with van der Waals surface area (Å²) in [6, 6.07) is 12.3. The molecule has 3 atom stereocenters. The van der Waals surface area contributed by atoms with Crippen LogP contribution in [0.3, 0.4) is 0 Å². The minimum Gasteiger partial charge on any atom is -0.355 e. The monoisotopic (exact) mass is 514 g/mol. The number of likely N-dealkylation sites (tertiary alicyclic amines) is 1. The topological polar surface area (TPSA) is 46.1 Å². The van der Waals surface area contributed by atoms with Crippen molar-refractivity contribution < 1.29 is 0 Å². The number of aliphatic imine (C=N–C) groups is 1. The molecule has 3 rings (SSSR count). The lowest BCUT2D eigenvalue weighted by molar-refractivity contribution is 0.120. The fraction of sp³-hybridized carbons (Fsp3) is 0.682. The van der Waals surface area contributed by atoms with Crippen LogP contribution in [-0.2, 0) is 6.54 Å². The van der Waals surface area contributed by atoms with Gasteiger partial charge in [0.1, 0.15) is 0 Å². The fourth-order valence-electron chi connectivity index (χ4n) is 4.27. The second-order valence-electron chi connectivity index (χ2n) is 8.48. The van der Waals surface area contributed by atoms with Gasteiger partial charge in [-0.05, 0) is 32.9 Å². The van der Waals surface area contributed by atoms with E-state index in [1.54, 1.807) is 0 Å². The van der Waals surface area contributed by atoms with Gasteiger partial charge < -0.3 is 15.5 Å². The molecule has 1 aromatic carbocycles. The van der Waals surface area contributed by atoms with Crippen molar-refractivity contribution in [2.24, 2.45) is 4.99 Å². The molecule has 3 unspecified atom stereocenters. The van der Waals surface area contributed by atoms with Crippen LogP contribution in [0.5, 0.6) is 0 Å². The first-order chi connectivity index (χ1) is 13.5. The molecule has 0 radical (unpaired) electrons. The summed E-state index contributed by atoms with van der Waals surface area (Å²) in [5.41, 5.74) is 1.39. The quantitative estimate of drug-likeness (QED) is 0.346. The van der Waals surface area contributed by atoms with Gasteiger partial charge in [-0.3, -0.25) is 14.8 Å². The smallest absolute Gasteiger partial charge is 0.191 e. The van der Waals surface area contributed by atoms with Crippen LogP contribution in [0.2, 0.25) is 0 Å². The second-order valence-corrected chi connectivity index (χ2v) is 8.48. The van der Waals surface area contributed by atoms with Crippen molar-refractivity contribution in [2.45, 2.75) is 44.9 Å². The molecule has 0 spiro atoms. The predicted molar refractivity (Wildman–Crippen MR) is 133 cm³/mol. The summed E-state index contributed by atoms with van der Waals surface area (Å²) in [6.07, 6.45) is 1.15. The average molecular weight is 515 g/mol. The Kier molecular flexibility index (Phi) is 10.1. The van der Waals surface area contributed by atoms with Crippen molar-refractivity contribution in [1.29, 1.82) is 0 Å². The molecular formula is C22H39IN6. The average Bonchev–Trinajstić information content (AvgIpc) is 3.05. The maximum atomic E-state index is 4.46. The van der Waals surface area contributed by atoms with Crippen molar-refractivity contribution in [3.05, 3.63) is 35.9 Å². The molecule has 164 valence electrons. The third-order valence-corrected chi connectivity index (χ3v) is 6.22. The van der Waals surface area contributed by atoms with Crippen molar-refractivity contribution in [3.63, 3.8) is 0 Å². The molecule has 29 heavy (non-hydrogen) atoms. The van der Waals surface area contributed by atoms with Crippen molar-refractivity contribution in [3.8, 4) is 0 Å². The van der Waals surface area contributed by atoms with E-state index in [4.69, 9.17) is 0 Å². The second kappa shape index (κ2) is 12.1. The summed E-state index contributed by atoms with van der Waals surface area (Å²) in [6.45, 7) is 12.3. The summed E-state index contributed by atoms with van der Waals surface area (Å²) >= 11 is 0. The van der Waals surface area contributed by atoms with Crippen molar-refractivity contribution in [1.82, 2.24) is 25.3 Å². The number of halogens is 1. The van der Waals surface area contributed by atoms with Gasteiger partial charge in [-0.25, -0.2) is 0 Å². The van der Waals surface area contributed by atoms with Crippen LogP contribution in [-0.4, -0.2) is 92.1 Å². The molecule has 0 saturated carbocycles. The number of rotatable bonds is 6. The molecule has 0 aliphatic carbocycles. The Bertz CT molecular complexity index is 617. The molecule has 2 aliphatic rings. The van der Waals surface area contributed by atoms with E-state index in [0.29, 0.717) is 18.1 Å². The Hall–Kier alpha value is -0.900. The van der Waals surface area contributed by atoms with E-state index in [9.17, 15) is 0 Å². The predicted octanol–water partition coefficient (Wildman–Crippen LogP) is 2.07. The van der Waals surface area contributed by atoms with Crippen LogP contribution in [0.1, 0.15) is 25.8 Å². The van der Waals surface area contributed by atoms with E-state index in [1.165, 1.54) is 5.56 Å². The normalized spacial score (nSPS) is 25.4. The third-order valence-electron chi connectivity index (χ3n) is 6.22. The minimum absolute atomic E-state index is 0. The highest BCUT2D eigenvalue weighted by Gasteiger charge is 2.29. The van der Waals surface area contributed by atoms with E-state index in [2.05, 4.69) is 81.6 Å². The largest absolute Gasteiger partial charge is 0.355 e. The van der Waals surface area contributed by atoms with Gasteiger partial charge in [0.15, 0.2) is 5.96 Å². The van der Waals surface area contributed by atoms with E-state index in [1.807, 2.05) is 7.05 Å². The van der Waals surface area contributed by atoms with Gasteiger partial charge in [-0.2, -0.15) is 0 Å². The molecule has 7 heteroatoms. The first kappa shape index (κ1) is 24.4. The number of benzene rings is 1. The molecule has 2 saturated heterocycles. The first-order valence-corrected chi connectivity index (χ1v) is 10.7. The Morgan fingerprint density at radius 3 is 2.52 bits per heavy atom. The zero-order valence-corrected chi connectivity index (χ0v) is 20.8. The van der Waals surface area contributed by atoms with Gasteiger partial charge in [-0.15, -0.1) is 24.0 Å². The summed E-state index contributed by atoms with van der Waals surface area (Å²) < 4.78 is 0. The minimum atomic E-state index is 0. The van der Waals surface area contributed by atoms with Gasteiger partial charge in [0.05, 0.1) is 0 Å². The van der Waals surface area contributed by atoms with Crippen LogP contribution in [0.4, 0.5) is 0 Å². The molecule has 2 aliphatic heterocycles. The molecule has 0 aromatic heterocycles. The van der Waals surface area contributed by atoms with E-state index < -0.39 is 0 Å². The number of hydrogen-bond donors (Lipinski definition) is 2. The molecule has 6 nitrogen and oxygen atoms in total. The van der Waals surface area contributed by atoms with Gasteiger partial charge >= 0.3 is 0 Å². The highest BCUT2D eigenvalue weighted by Crippen LogP contribution is 2.20. The van der Waals surface area contributed by atoms with Crippen LogP contribution >= 0.6 is 24.0 Å². The fourth-order valence-corrected chi connectivity index (χ4v) is 4.27. The zero-order chi connectivity index (χ0) is 19.9. The number of likely N-dealkylation sites (N-methyl/N-ethyl adjacent to an activating group) is 1. The lowest BCUT2D eigenvalue weighted by atomic mass is 10.2. The Morgan fingerprint density at radius 2 is 1.86 bits per heavy atom. The first-order valence-electron chi connectivity index (χ1n) is 10.7. The number of guanidine groups is 1. The van der Waals surface area contributed by atoms with Crippen LogP contribution in [0, 0.1) is 0 Å². The van der Waals surface area contributed by atoms with E-state index >= 15 is 0 Å².